The highest BCUT2D eigenvalue weighted by atomic mass is 79.9. The highest BCUT2D eigenvalue weighted by molar-refractivity contribution is 9.11. The molecule has 2 nitrogen and oxygen atoms in total. The second-order valence-electron chi connectivity index (χ2n) is 5.87. The molecule has 0 spiro atoms. The molecule has 1 unspecified atom stereocenters. The van der Waals surface area contributed by atoms with Crippen LogP contribution in [0.1, 0.15) is 5.56 Å². The van der Waals surface area contributed by atoms with Gasteiger partial charge in [0.15, 0.2) is 10.8 Å². The van der Waals surface area contributed by atoms with E-state index in [1.807, 2.05) is 72.8 Å². The number of ether oxygens (including phenoxy) is 1. The van der Waals surface area contributed by atoms with Crippen LogP contribution in [-0.4, -0.2) is 4.55 Å². The summed E-state index contributed by atoms with van der Waals surface area (Å²) in [5, 5.41) is 1.01. The van der Waals surface area contributed by atoms with Gasteiger partial charge in [-0.25, -0.2) is 0 Å². The molecule has 130 valence electrons. The first-order valence-corrected chi connectivity index (χ1v) is 10.8. The van der Waals surface area contributed by atoms with E-state index in [-0.39, 0.29) is 0 Å². The number of thiophene rings is 1. The monoisotopic (exact) mass is 489 g/mol. The molecule has 0 aliphatic rings. The van der Waals surface area contributed by atoms with E-state index < -0.39 is 10.8 Å². The largest absolute Gasteiger partial charge is 0.489 e. The van der Waals surface area contributed by atoms with Gasteiger partial charge in [-0.2, -0.15) is 4.55 Å². The molecule has 5 heteroatoms. The van der Waals surface area contributed by atoms with Crippen LogP contribution >= 0.6 is 42.6 Å². The van der Waals surface area contributed by atoms with Crippen molar-refractivity contribution < 1.29 is 9.29 Å². The molecule has 0 aliphatic carbocycles. The van der Waals surface area contributed by atoms with Gasteiger partial charge in [0.1, 0.15) is 12.4 Å². The molecule has 4 aromatic rings. The van der Waals surface area contributed by atoms with Crippen molar-refractivity contribution in [3.8, 4) is 16.2 Å². The van der Waals surface area contributed by atoms with Crippen LogP contribution in [-0.2, 0) is 6.61 Å². The molecule has 0 fully saturated rings. The predicted octanol–water partition coefficient (Wildman–Crippen LogP) is 7.50. The number of fused-ring (bicyclic) bond motifs is 1. The van der Waals surface area contributed by atoms with E-state index in [4.69, 9.17) is 4.74 Å². The molecular weight excluding hydrogens is 476 g/mol. The van der Waals surface area contributed by atoms with Gasteiger partial charge in [0.05, 0.1) is 9.86 Å². The van der Waals surface area contributed by atoms with Crippen molar-refractivity contribution in [1.29, 1.82) is 0 Å². The summed E-state index contributed by atoms with van der Waals surface area (Å²) in [4.78, 5) is 0.910. The molecule has 26 heavy (non-hydrogen) atoms. The summed E-state index contributed by atoms with van der Waals surface area (Å²) in [5.74, 6) is 0.761. The zero-order valence-corrected chi connectivity index (χ0v) is 17.6. The normalized spacial score (nSPS) is 11.7. The molecule has 0 aliphatic heterocycles. The minimum Gasteiger partial charge on any atom is -0.489 e. The van der Waals surface area contributed by atoms with Crippen molar-refractivity contribution in [3.63, 3.8) is 0 Å². The summed E-state index contributed by atoms with van der Waals surface area (Å²) >= 11 is 7.13. The van der Waals surface area contributed by atoms with Crippen molar-refractivity contribution in [2.45, 2.75) is 6.61 Å². The van der Waals surface area contributed by atoms with Crippen molar-refractivity contribution >= 4 is 52.7 Å². The van der Waals surface area contributed by atoms with Gasteiger partial charge in [-0.3, -0.25) is 0 Å². The Morgan fingerprint density at radius 3 is 2.35 bits per heavy atom. The van der Waals surface area contributed by atoms with Crippen LogP contribution in [0, 0.1) is 0 Å². The van der Waals surface area contributed by atoms with E-state index in [9.17, 15) is 4.55 Å². The van der Waals surface area contributed by atoms with Crippen LogP contribution in [0.4, 0.5) is 0 Å². The quantitative estimate of drug-likeness (QED) is 0.300. The summed E-state index contributed by atoms with van der Waals surface area (Å²) in [6, 6.07) is 23.9. The van der Waals surface area contributed by atoms with Gasteiger partial charge in [-0.1, -0.05) is 46.3 Å². The molecule has 1 aromatic heterocycles. The first kappa shape index (κ1) is 17.7. The second kappa shape index (κ2) is 7.53. The SMILES string of the molecule is O[s+]1c(-c2ccc(Br)cc2)c(Br)c2ccc(OCc3ccccc3)cc21. The van der Waals surface area contributed by atoms with E-state index in [2.05, 4.69) is 31.9 Å². The highest BCUT2D eigenvalue weighted by Gasteiger charge is 2.27. The molecule has 1 N–H and O–H groups in total. The van der Waals surface area contributed by atoms with Gasteiger partial charge in [-0.15, -0.1) is 0 Å². The molecule has 0 saturated carbocycles. The molecular formula is C21H15Br2O2S+. The molecule has 3 aromatic carbocycles. The standard InChI is InChI=1S/C21H15Br2O2S/c22-16-8-6-15(7-9-16)21-20(23)18-11-10-17(12-19(18)26(21)24)25-13-14-4-2-1-3-5-14/h1-12,24H,13H2/q+1. The van der Waals surface area contributed by atoms with Gasteiger partial charge in [0.25, 0.3) is 0 Å². The van der Waals surface area contributed by atoms with Crippen LogP contribution in [0.5, 0.6) is 5.75 Å². The molecule has 4 rings (SSSR count). The van der Waals surface area contributed by atoms with E-state index in [1.54, 1.807) is 0 Å². The van der Waals surface area contributed by atoms with Gasteiger partial charge in [-0.05, 0) is 57.9 Å². The number of rotatable bonds is 4. The molecule has 0 bridgehead atoms. The molecule has 0 radical (unpaired) electrons. The number of hydrogen-bond acceptors (Lipinski definition) is 2. The van der Waals surface area contributed by atoms with Crippen LogP contribution < -0.4 is 4.74 Å². The summed E-state index contributed by atoms with van der Waals surface area (Å²) in [6.07, 6.45) is 0. The lowest BCUT2D eigenvalue weighted by Gasteiger charge is -2.05. The van der Waals surface area contributed by atoms with Gasteiger partial charge in [0, 0.05) is 16.1 Å². The third-order valence-corrected chi connectivity index (χ3v) is 7.34. The molecule has 1 heterocycles. The average molecular weight is 491 g/mol. The van der Waals surface area contributed by atoms with Crippen molar-refractivity contribution in [3.05, 3.63) is 87.3 Å². The summed E-state index contributed by atoms with van der Waals surface area (Å²) in [5.41, 5.74) is 2.12. The number of halogens is 2. The maximum atomic E-state index is 10.9. The lowest BCUT2D eigenvalue weighted by atomic mass is 10.1. The summed E-state index contributed by atoms with van der Waals surface area (Å²) in [7, 11) is -0.994. The predicted molar refractivity (Wildman–Crippen MR) is 115 cm³/mol. The Hall–Kier alpha value is -1.66. The van der Waals surface area contributed by atoms with Crippen LogP contribution in [0.2, 0.25) is 0 Å². The molecule has 0 amide bonds. The maximum absolute atomic E-state index is 10.9. The fourth-order valence-corrected chi connectivity index (χ4v) is 5.73. The van der Waals surface area contributed by atoms with E-state index >= 15 is 0 Å². The van der Waals surface area contributed by atoms with Crippen molar-refractivity contribution in [2.75, 3.05) is 0 Å². The minimum atomic E-state index is -0.994. The maximum Gasteiger partial charge on any atom is 0.232 e. The summed E-state index contributed by atoms with van der Waals surface area (Å²) < 4.78 is 19.7. The Morgan fingerprint density at radius 2 is 1.62 bits per heavy atom. The Morgan fingerprint density at radius 1 is 0.885 bits per heavy atom. The topological polar surface area (TPSA) is 29.5 Å². The average Bonchev–Trinajstić information content (AvgIpc) is 2.92. The minimum absolute atomic E-state index is 0.507. The first-order chi connectivity index (χ1) is 12.6. The van der Waals surface area contributed by atoms with Crippen LogP contribution in [0.3, 0.4) is 0 Å². The molecule has 0 saturated heterocycles. The van der Waals surface area contributed by atoms with Gasteiger partial charge >= 0.3 is 0 Å². The highest BCUT2D eigenvalue weighted by Crippen LogP contribution is 2.48. The third kappa shape index (κ3) is 3.45. The lowest BCUT2D eigenvalue weighted by Crippen LogP contribution is -1.94. The Balaban J connectivity index is 1.70. The molecule has 1 atom stereocenters. The fraction of sp³-hybridized carbons (Fsp3) is 0.0476. The van der Waals surface area contributed by atoms with Gasteiger partial charge in [0.2, 0.25) is 9.58 Å². The van der Waals surface area contributed by atoms with E-state index in [1.165, 1.54) is 0 Å². The smallest absolute Gasteiger partial charge is 0.232 e. The Labute approximate surface area is 171 Å². The van der Waals surface area contributed by atoms with Crippen molar-refractivity contribution in [1.82, 2.24) is 0 Å². The van der Waals surface area contributed by atoms with Crippen LogP contribution in [0.25, 0.3) is 20.5 Å². The third-order valence-electron chi connectivity index (χ3n) is 4.15. The summed E-state index contributed by atoms with van der Waals surface area (Å²) in [6.45, 7) is 0.507. The fourth-order valence-electron chi connectivity index (χ4n) is 2.83. The zero-order valence-electron chi connectivity index (χ0n) is 13.7. The second-order valence-corrected chi connectivity index (χ2v) is 8.99. The Kier molecular flexibility index (Phi) is 5.14. The van der Waals surface area contributed by atoms with Crippen LogP contribution in [0.15, 0.2) is 81.7 Å². The number of benzene rings is 3. The van der Waals surface area contributed by atoms with E-state index in [0.717, 1.165) is 40.8 Å². The Bertz CT molecular complexity index is 1060. The van der Waals surface area contributed by atoms with Gasteiger partial charge < -0.3 is 4.74 Å². The zero-order chi connectivity index (χ0) is 18.1. The first-order valence-electron chi connectivity index (χ1n) is 8.04. The van der Waals surface area contributed by atoms with E-state index in [0.29, 0.717) is 6.61 Å². The lowest BCUT2D eigenvalue weighted by molar-refractivity contribution is 0.306. The number of hydrogen-bond donors (Lipinski definition) is 1. The van der Waals surface area contributed by atoms with Crippen molar-refractivity contribution in [2.24, 2.45) is 0 Å².